The number of alkyl halides is 3. The minimum absolute atomic E-state index is 0.288. The number of benzene rings is 1. The maximum absolute atomic E-state index is 11.9. The van der Waals surface area contributed by atoms with E-state index in [1.807, 2.05) is 0 Å². The molecular formula is C7H3BrF3O3S-. The zero-order chi connectivity index (χ0) is 11.6. The van der Waals surface area contributed by atoms with Gasteiger partial charge in [0.15, 0.2) is 0 Å². The molecule has 1 atom stereocenters. The largest absolute Gasteiger partial charge is 0.768 e. The molecule has 1 unspecified atom stereocenters. The van der Waals surface area contributed by atoms with E-state index in [9.17, 15) is 21.9 Å². The van der Waals surface area contributed by atoms with Gasteiger partial charge in [-0.25, -0.2) is 0 Å². The predicted octanol–water partition coefficient (Wildman–Crippen LogP) is 2.59. The topological polar surface area (TPSA) is 49.4 Å². The third kappa shape index (κ3) is 3.80. The van der Waals surface area contributed by atoms with E-state index >= 15 is 0 Å². The van der Waals surface area contributed by atoms with Crippen LogP contribution in [0.5, 0.6) is 5.75 Å². The summed E-state index contributed by atoms with van der Waals surface area (Å²) < 4.78 is 60.6. The zero-order valence-electron chi connectivity index (χ0n) is 6.88. The standard InChI is InChI=1S/C7H4BrF3O3S/c8-4-1-2-6(15(12)13)5(3-4)14-7(9,10)11/h1-3H,(H,12,13)/p-1. The molecule has 0 aromatic heterocycles. The monoisotopic (exact) mass is 303 g/mol. The summed E-state index contributed by atoms with van der Waals surface area (Å²) in [4.78, 5) is -0.546. The lowest BCUT2D eigenvalue weighted by Crippen LogP contribution is -2.18. The Kier molecular flexibility index (Phi) is 3.74. The summed E-state index contributed by atoms with van der Waals surface area (Å²) in [6, 6.07) is 3.24. The number of rotatable bonds is 2. The molecule has 1 aromatic rings. The van der Waals surface area contributed by atoms with Crippen molar-refractivity contribution < 1.29 is 26.7 Å². The van der Waals surface area contributed by atoms with Crippen LogP contribution in [0.1, 0.15) is 0 Å². The third-order valence-electron chi connectivity index (χ3n) is 1.31. The van der Waals surface area contributed by atoms with Crippen molar-refractivity contribution in [1.82, 2.24) is 0 Å². The lowest BCUT2D eigenvalue weighted by atomic mass is 10.3. The molecule has 0 aliphatic heterocycles. The minimum atomic E-state index is -4.92. The van der Waals surface area contributed by atoms with Gasteiger partial charge >= 0.3 is 6.36 Å². The summed E-state index contributed by atoms with van der Waals surface area (Å²) >= 11 is 0.125. The average Bonchev–Trinajstić information content (AvgIpc) is 1.99. The molecule has 0 radical (unpaired) electrons. The Morgan fingerprint density at radius 1 is 1.40 bits per heavy atom. The van der Waals surface area contributed by atoms with Gasteiger partial charge < -0.3 is 9.29 Å². The van der Waals surface area contributed by atoms with Gasteiger partial charge in [0.1, 0.15) is 5.75 Å². The van der Waals surface area contributed by atoms with Gasteiger partial charge in [-0.1, -0.05) is 15.9 Å². The molecule has 0 saturated heterocycles. The van der Waals surface area contributed by atoms with Gasteiger partial charge in [0, 0.05) is 4.47 Å². The predicted molar refractivity (Wildman–Crippen MR) is 48.0 cm³/mol. The van der Waals surface area contributed by atoms with Crippen molar-refractivity contribution in [2.45, 2.75) is 11.3 Å². The van der Waals surface area contributed by atoms with Crippen LogP contribution in [-0.2, 0) is 11.1 Å². The van der Waals surface area contributed by atoms with Gasteiger partial charge in [-0.15, -0.1) is 13.2 Å². The number of ether oxygens (including phenoxy) is 1. The van der Waals surface area contributed by atoms with Gasteiger partial charge in [0.25, 0.3) is 0 Å². The number of hydrogen-bond acceptors (Lipinski definition) is 3. The molecule has 1 rings (SSSR count). The lowest BCUT2D eigenvalue weighted by molar-refractivity contribution is -0.275. The highest BCUT2D eigenvalue weighted by atomic mass is 79.9. The van der Waals surface area contributed by atoms with E-state index in [2.05, 4.69) is 20.7 Å². The van der Waals surface area contributed by atoms with E-state index in [0.717, 1.165) is 12.1 Å². The Morgan fingerprint density at radius 3 is 2.47 bits per heavy atom. The summed E-state index contributed by atoms with van der Waals surface area (Å²) in [7, 11) is 0. The summed E-state index contributed by atoms with van der Waals surface area (Å²) in [6.07, 6.45) is -4.92. The molecule has 0 amide bonds. The third-order valence-corrected chi connectivity index (χ3v) is 2.50. The molecule has 0 saturated carbocycles. The maximum atomic E-state index is 11.9. The maximum Gasteiger partial charge on any atom is 0.573 e. The first kappa shape index (κ1) is 12.5. The van der Waals surface area contributed by atoms with Crippen LogP contribution in [0.4, 0.5) is 13.2 Å². The number of hydrogen-bond donors (Lipinski definition) is 0. The first-order valence-electron chi connectivity index (χ1n) is 3.44. The number of halogens is 4. The van der Waals surface area contributed by atoms with Crippen LogP contribution in [0.25, 0.3) is 0 Å². The second-order valence-corrected chi connectivity index (χ2v) is 4.20. The molecule has 1 aromatic carbocycles. The van der Waals surface area contributed by atoms with E-state index in [1.165, 1.54) is 6.07 Å². The highest BCUT2D eigenvalue weighted by Crippen LogP contribution is 2.30. The Hall–Kier alpha value is -0.600. The second kappa shape index (κ2) is 4.50. The molecule has 0 heterocycles. The fourth-order valence-corrected chi connectivity index (χ4v) is 1.61. The van der Waals surface area contributed by atoms with Crippen molar-refractivity contribution in [1.29, 1.82) is 0 Å². The Bertz CT molecular complexity index is 394. The molecule has 0 aliphatic carbocycles. The minimum Gasteiger partial charge on any atom is -0.768 e. The zero-order valence-corrected chi connectivity index (χ0v) is 9.28. The molecule has 3 nitrogen and oxygen atoms in total. The quantitative estimate of drug-likeness (QED) is 0.789. The van der Waals surface area contributed by atoms with Crippen LogP contribution in [-0.4, -0.2) is 15.1 Å². The summed E-state index contributed by atoms with van der Waals surface area (Å²) in [6.45, 7) is 0. The van der Waals surface area contributed by atoms with E-state index in [4.69, 9.17) is 0 Å². The van der Waals surface area contributed by atoms with Gasteiger partial charge in [0.05, 0.1) is 4.90 Å². The van der Waals surface area contributed by atoms with Crippen LogP contribution in [0, 0.1) is 0 Å². The summed E-state index contributed by atoms with van der Waals surface area (Å²) in [5.74, 6) is -0.759. The average molecular weight is 304 g/mol. The Labute approximate surface area is 93.7 Å². The first-order chi connectivity index (χ1) is 6.79. The van der Waals surface area contributed by atoms with Crippen LogP contribution in [0.2, 0.25) is 0 Å². The SMILES string of the molecule is O=S([O-])c1ccc(Br)cc1OC(F)(F)F. The van der Waals surface area contributed by atoms with Gasteiger partial charge in [-0.3, -0.25) is 4.21 Å². The highest BCUT2D eigenvalue weighted by Gasteiger charge is 2.32. The molecule has 0 N–H and O–H groups in total. The first-order valence-corrected chi connectivity index (χ1v) is 5.31. The van der Waals surface area contributed by atoms with Crippen molar-refractivity contribution in [3.8, 4) is 5.75 Å². The van der Waals surface area contributed by atoms with Crippen LogP contribution in [0.15, 0.2) is 27.6 Å². The Balaban J connectivity index is 3.13. The van der Waals surface area contributed by atoms with Crippen molar-refractivity contribution in [3.05, 3.63) is 22.7 Å². The van der Waals surface area contributed by atoms with E-state index in [0.29, 0.717) is 0 Å². The fourth-order valence-electron chi connectivity index (χ4n) is 0.824. The second-order valence-electron chi connectivity index (χ2n) is 2.37. The smallest absolute Gasteiger partial charge is 0.573 e. The van der Waals surface area contributed by atoms with Crippen molar-refractivity contribution in [2.24, 2.45) is 0 Å². The van der Waals surface area contributed by atoms with Crippen LogP contribution >= 0.6 is 15.9 Å². The normalized spacial score (nSPS) is 13.7. The van der Waals surface area contributed by atoms with Crippen molar-refractivity contribution in [3.63, 3.8) is 0 Å². The van der Waals surface area contributed by atoms with Gasteiger partial charge in [0.2, 0.25) is 0 Å². The van der Waals surface area contributed by atoms with Gasteiger partial charge in [-0.05, 0) is 29.3 Å². The fraction of sp³-hybridized carbons (Fsp3) is 0.143. The molecular weight excluding hydrogens is 301 g/mol. The molecule has 84 valence electrons. The molecule has 0 fully saturated rings. The Morgan fingerprint density at radius 2 is 2.00 bits per heavy atom. The summed E-state index contributed by atoms with van der Waals surface area (Å²) in [5, 5.41) is 0. The van der Waals surface area contributed by atoms with Crippen molar-refractivity contribution >= 4 is 27.0 Å². The van der Waals surface area contributed by atoms with E-state index < -0.39 is 28.1 Å². The van der Waals surface area contributed by atoms with E-state index in [1.54, 1.807) is 0 Å². The van der Waals surface area contributed by atoms with E-state index in [-0.39, 0.29) is 4.47 Å². The molecule has 0 aliphatic rings. The molecule has 15 heavy (non-hydrogen) atoms. The molecule has 0 spiro atoms. The summed E-state index contributed by atoms with van der Waals surface area (Å²) in [5.41, 5.74) is 0. The van der Waals surface area contributed by atoms with Crippen LogP contribution in [0.3, 0.4) is 0 Å². The van der Waals surface area contributed by atoms with Gasteiger partial charge in [-0.2, -0.15) is 0 Å². The van der Waals surface area contributed by atoms with Crippen LogP contribution < -0.4 is 4.74 Å². The highest BCUT2D eigenvalue weighted by molar-refractivity contribution is 9.10. The van der Waals surface area contributed by atoms with Crippen molar-refractivity contribution in [2.75, 3.05) is 0 Å². The molecule has 0 bridgehead atoms. The molecule has 8 heteroatoms. The lowest BCUT2D eigenvalue weighted by Gasteiger charge is -2.14.